The lowest BCUT2D eigenvalue weighted by Crippen LogP contribution is -2.72. The third-order valence-electron chi connectivity index (χ3n) is 13.6. The van der Waals surface area contributed by atoms with E-state index in [4.69, 9.17) is 4.74 Å². The molecule has 0 unspecified atom stereocenters. The van der Waals surface area contributed by atoms with Crippen LogP contribution in [0.3, 0.4) is 0 Å². The van der Waals surface area contributed by atoms with E-state index >= 15 is 0 Å². The van der Waals surface area contributed by atoms with Crippen LogP contribution in [-0.2, 0) is 9.53 Å². The fraction of sp³-hybridized carbons (Fsp3) is 0.906. The number of carbonyl (C=O) groups excluding carboxylic acids is 1. The molecule has 0 aromatic heterocycles. The van der Waals surface area contributed by atoms with Gasteiger partial charge in [-0.1, -0.05) is 60.1 Å². The summed E-state index contributed by atoms with van der Waals surface area (Å²) in [5.41, 5.74) is -0.757. The first-order chi connectivity index (χ1) is 17.4. The summed E-state index contributed by atoms with van der Waals surface area (Å²) in [7, 11) is 0. The lowest BCUT2D eigenvalue weighted by Gasteiger charge is -2.72. The van der Waals surface area contributed by atoms with Crippen LogP contribution in [0, 0.1) is 50.2 Å². The van der Waals surface area contributed by atoms with Gasteiger partial charge in [0.1, 0.15) is 12.2 Å². The Kier molecular flexibility index (Phi) is 6.42. The van der Waals surface area contributed by atoms with E-state index in [9.17, 15) is 25.2 Å². The highest BCUT2D eigenvalue weighted by atomic mass is 16.6. The lowest BCUT2D eigenvalue weighted by atomic mass is 9.33. The fourth-order valence-electron chi connectivity index (χ4n) is 11.3. The first-order valence-electron chi connectivity index (χ1n) is 15.0. The molecule has 38 heavy (non-hydrogen) atoms. The largest absolute Gasteiger partial charge is 0.459 e. The van der Waals surface area contributed by atoms with Crippen molar-refractivity contribution in [1.29, 1.82) is 0 Å². The van der Waals surface area contributed by atoms with E-state index < -0.39 is 35.1 Å². The second kappa shape index (κ2) is 8.53. The molecule has 11 atom stereocenters. The Labute approximate surface area is 229 Å². The maximum atomic E-state index is 12.0. The minimum atomic E-state index is -1.16. The van der Waals surface area contributed by atoms with E-state index in [0.717, 1.165) is 32.1 Å². The maximum Gasteiger partial charge on any atom is 0.303 e. The monoisotopic (exact) mass is 532 g/mol. The van der Waals surface area contributed by atoms with Crippen molar-refractivity contribution in [3.05, 3.63) is 11.6 Å². The number of hydrogen-bond acceptors (Lipinski definition) is 6. The molecule has 4 saturated carbocycles. The summed E-state index contributed by atoms with van der Waals surface area (Å²) < 4.78 is 5.66. The van der Waals surface area contributed by atoms with E-state index in [1.165, 1.54) is 12.5 Å². The van der Waals surface area contributed by atoms with Crippen molar-refractivity contribution in [2.75, 3.05) is 6.61 Å². The summed E-state index contributed by atoms with van der Waals surface area (Å²) >= 11 is 0. The molecule has 5 rings (SSSR count). The molecule has 0 amide bonds. The number of aliphatic hydroxyl groups is 4. The molecule has 0 heterocycles. The minimum absolute atomic E-state index is 0.0505. The van der Waals surface area contributed by atoms with E-state index in [1.54, 1.807) is 0 Å². The molecule has 5 aliphatic carbocycles. The van der Waals surface area contributed by atoms with Crippen molar-refractivity contribution in [2.45, 2.75) is 125 Å². The molecule has 216 valence electrons. The zero-order valence-corrected chi connectivity index (χ0v) is 24.9. The number of aliphatic hydroxyl groups excluding tert-OH is 4. The standard InChI is InChI=1S/C32H52O6/c1-18(34)38-26-25(37)32(17-33)20(15-27(26,2)3)19-9-10-22-29(6)13-12-23(35)28(4,5)21(29)11-14-30(22,7)31(19,8)16-24(32)36/h9,20-26,33,35-37H,10-17H2,1-8H3/t20-,21-,22+,23-,24+,25-,26-,29-,30+,31+,32-/m0/s1. The van der Waals surface area contributed by atoms with Crippen LogP contribution in [0.5, 0.6) is 0 Å². The van der Waals surface area contributed by atoms with Crippen LogP contribution in [0.2, 0.25) is 0 Å². The fourth-order valence-corrected chi connectivity index (χ4v) is 11.3. The average Bonchev–Trinajstić information content (AvgIpc) is 2.80. The second-order valence-electron chi connectivity index (χ2n) is 15.9. The predicted octanol–water partition coefficient (Wildman–Crippen LogP) is 4.62. The molecular formula is C32H52O6. The number of rotatable bonds is 2. The zero-order valence-electron chi connectivity index (χ0n) is 24.9. The van der Waals surface area contributed by atoms with Crippen molar-refractivity contribution >= 4 is 5.97 Å². The molecule has 5 aliphatic rings. The first kappa shape index (κ1) is 28.6. The third kappa shape index (κ3) is 3.36. The molecule has 4 N–H and O–H groups in total. The van der Waals surface area contributed by atoms with Gasteiger partial charge in [-0.3, -0.25) is 4.79 Å². The first-order valence-corrected chi connectivity index (χ1v) is 15.0. The number of carbonyl (C=O) groups is 1. The molecule has 0 spiro atoms. The molecule has 0 aromatic rings. The molecule has 0 aliphatic heterocycles. The third-order valence-corrected chi connectivity index (χ3v) is 13.6. The Bertz CT molecular complexity index is 1020. The van der Waals surface area contributed by atoms with Crippen molar-refractivity contribution in [2.24, 2.45) is 50.2 Å². The summed E-state index contributed by atoms with van der Waals surface area (Å²) in [5.74, 6) is 0.214. The SMILES string of the molecule is CC(=O)O[C@H]1[C@H](O)[C@]2(CO)[C@H](O)C[C@]3(C)C(=CC[C@@H]4[C@@]5(C)CC[C@H](O)C(C)(C)[C@@H]5CC[C@]43C)[C@@H]2CC1(C)C. The van der Waals surface area contributed by atoms with Crippen LogP contribution < -0.4 is 0 Å². The average molecular weight is 533 g/mol. The van der Waals surface area contributed by atoms with Gasteiger partial charge in [0.15, 0.2) is 0 Å². The van der Waals surface area contributed by atoms with Gasteiger partial charge in [0, 0.05) is 12.3 Å². The lowest BCUT2D eigenvalue weighted by molar-refractivity contribution is -0.261. The van der Waals surface area contributed by atoms with Crippen LogP contribution in [-0.4, -0.2) is 57.4 Å². The number of allylic oxidation sites excluding steroid dienone is 2. The van der Waals surface area contributed by atoms with Crippen LogP contribution in [0.1, 0.15) is 100 Å². The van der Waals surface area contributed by atoms with Crippen LogP contribution >= 0.6 is 0 Å². The van der Waals surface area contributed by atoms with E-state index in [2.05, 4.69) is 40.7 Å². The van der Waals surface area contributed by atoms with E-state index in [-0.39, 0.29) is 40.3 Å². The molecule has 6 nitrogen and oxygen atoms in total. The van der Waals surface area contributed by atoms with Gasteiger partial charge >= 0.3 is 5.97 Å². The Morgan fingerprint density at radius 1 is 0.947 bits per heavy atom. The van der Waals surface area contributed by atoms with E-state index in [0.29, 0.717) is 24.7 Å². The van der Waals surface area contributed by atoms with Gasteiger partial charge in [-0.25, -0.2) is 0 Å². The quantitative estimate of drug-likeness (QED) is 0.305. The topological polar surface area (TPSA) is 107 Å². The second-order valence-corrected chi connectivity index (χ2v) is 15.9. The highest BCUT2D eigenvalue weighted by Crippen LogP contribution is 2.75. The highest BCUT2D eigenvalue weighted by Gasteiger charge is 2.72. The summed E-state index contributed by atoms with van der Waals surface area (Å²) in [4.78, 5) is 12.0. The molecule has 0 radical (unpaired) electrons. The van der Waals surface area contributed by atoms with Gasteiger partial charge in [-0.15, -0.1) is 0 Å². The number of esters is 1. The molecule has 0 aromatic carbocycles. The van der Waals surface area contributed by atoms with Crippen LogP contribution in [0.25, 0.3) is 0 Å². The molecule has 4 fully saturated rings. The Morgan fingerprint density at radius 2 is 1.61 bits per heavy atom. The number of hydrogen-bond donors (Lipinski definition) is 4. The summed E-state index contributed by atoms with van der Waals surface area (Å²) in [6.07, 6.45) is 5.25. The molecule has 6 heteroatoms. The smallest absolute Gasteiger partial charge is 0.303 e. The van der Waals surface area contributed by atoms with Crippen LogP contribution in [0.15, 0.2) is 11.6 Å². The predicted molar refractivity (Wildman–Crippen MR) is 146 cm³/mol. The van der Waals surface area contributed by atoms with Crippen molar-refractivity contribution < 1.29 is 30.0 Å². The summed E-state index contributed by atoms with van der Waals surface area (Å²) in [6.45, 7) is 16.8. The summed E-state index contributed by atoms with van der Waals surface area (Å²) in [5, 5.41) is 45.5. The number of ether oxygens (including phenoxy) is 1. The maximum absolute atomic E-state index is 12.0. The highest BCUT2D eigenvalue weighted by molar-refractivity contribution is 5.66. The van der Waals surface area contributed by atoms with Crippen molar-refractivity contribution in [3.8, 4) is 0 Å². The summed E-state index contributed by atoms with van der Waals surface area (Å²) in [6, 6.07) is 0. The molecule has 0 bridgehead atoms. The van der Waals surface area contributed by atoms with Gasteiger partial charge in [0.2, 0.25) is 0 Å². The minimum Gasteiger partial charge on any atom is -0.459 e. The normalized spacial score (nSPS) is 52.9. The molecular weight excluding hydrogens is 480 g/mol. The molecule has 0 saturated heterocycles. The number of fused-ring (bicyclic) bond motifs is 7. The van der Waals surface area contributed by atoms with Gasteiger partial charge in [-0.05, 0) is 84.4 Å². The van der Waals surface area contributed by atoms with Gasteiger partial charge in [0.05, 0.1) is 24.2 Å². The van der Waals surface area contributed by atoms with Gasteiger partial charge in [0.25, 0.3) is 0 Å². The van der Waals surface area contributed by atoms with Gasteiger partial charge < -0.3 is 25.2 Å². The Hall–Kier alpha value is -0.950. The van der Waals surface area contributed by atoms with Crippen molar-refractivity contribution in [1.82, 2.24) is 0 Å². The zero-order chi connectivity index (χ0) is 28.3. The van der Waals surface area contributed by atoms with E-state index in [1.807, 2.05) is 13.8 Å². The van der Waals surface area contributed by atoms with Crippen molar-refractivity contribution in [3.63, 3.8) is 0 Å². The van der Waals surface area contributed by atoms with Gasteiger partial charge in [-0.2, -0.15) is 0 Å². The Morgan fingerprint density at radius 3 is 2.21 bits per heavy atom. The Balaban J connectivity index is 1.61. The van der Waals surface area contributed by atoms with Crippen LogP contribution in [0.4, 0.5) is 0 Å².